The van der Waals surface area contributed by atoms with Crippen LogP contribution in [0.2, 0.25) is 0 Å². The lowest BCUT2D eigenvalue weighted by atomic mass is 10.1. The molecule has 0 atom stereocenters. The van der Waals surface area contributed by atoms with Gasteiger partial charge in [0.05, 0.1) is 18.4 Å². The quantitative estimate of drug-likeness (QED) is 0.849. The van der Waals surface area contributed by atoms with Crippen LogP contribution in [0.25, 0.3) is 0 Å². The Morgan fingerprint density at radius 1 is 1.20 bits per heavy atom. The molecule has 0 radical (unpaired) electrons. The predicted octanol–water partition coefficient (Wildman–Crippen LogP) is 3.10. The molecule has 0 aromatic heterocycles. The Labute approximate surface area is 114 Å². The minimum atomic E-state index is -1.36. The number of anilines is 1. The summed E-state index contributed by atoms with van der Waals surface area (Å²) in [7, 11) is 1.08. The number of benzene rings is 1. The molecule has 1 aromatic rings. The van der Waals surface area contributed by atoms with Crippen molar-refractivity contribution in [3.8, 4) is 0 Å². The van der Waals surface area contributed by atoms with E-state index >= 15 is 0 Å². The van der Waals surface area contributed by atoms with Gasteiger partial charge in [-0.3, -0.25) is 5.32 Å². The highest BCUT2D eigenvalue weighted by Gasteiger charge is 2.23. The molecular formula is C13H15F2NO4. The highest BCUT2D eigenvalue weighted by Crippen LogP contribution is 2.24. The second-order valence-corrected chi connectivity index (χ2v) is 4.90. The monoisotopic (exact) mass is 287 g/mol. The van der Waals surface area contributed by atoms with Gasteiger partial charge in [-0.05, 0) is 32.9 Å². The van der Waals surface area contributed by atoms with E-state index in [2.05, 4.69) is 4.74 Å². The van der Waals surface area contributed by atoms with Crippen molar-refractivity contribution < 1.29 is 27.8 Å². The maximum Gasteiger partial charge on any atom is 0.412 e. The molecular weight excluding hydrogens is 272 g/mol. The van der Waals surface area contributed by atoms with Crippen LogP contribution in [-0.4, -0.2) is 24.8 Å². The van der Waals surface area contributed by atoms with Gasteiger partial charge in [0.2, 0.25) is 0 Å². The van der Waals surface area contributed by atoms with E-state index in [-0.39, 0.29) is 5.56 Å². The van der Waals surface area contributed by atoms with Gasteiger partial charge in [0.15, 0.2) is 11.6 Å². The summed E-state index contributed by atoms with van der Waals surface area (Å²) in [6.07, 6.45) is -1.01. The van der Waals surface area contributed by atoms with Crippen molar-refractivity contribution in [2.75, 3.05) is 12.4 Å². The average molecular weight is 287 g/mol. The Kier molecular flexibility index (Phi) is 4.65. The molecule has 0 saturated heterocycles. The summed E-state index contributed by atoms with van der Waals surface area (Å²) in [5, 5.41) is 2.01. The van der Waals surface area contributed by atoms with Gasteiger partial charge in [0.1, 0.15) is 5.60 Å². The maximum atomic E-state index is 13.7. The van der Waals surface area contributed by atoms with Gasteiger partial charge in [-0.15, -0.1) is 0 Å². The molecule has 110 valence electrons. The number of hydrogen-bond donors (Lipinski definition) is 1. The van der Waals surface area contributed by atoms with E-state index in [0.717, 1.165) is 19.2 Å². The first kappa shape index (κ1) is 15.9. The fraction of sp³-hybridized carbons (Fsp3) is 0.385. The van der Waals surface area contributed by atoms with Crippen LogP contribution in [0, 0.1) is 11.6 Å². The smallest absolute Gasteiger partial charge is 0.412 e. The van der Waals surface area contributed by atoms with E-state index in [1.165, 1.54) is 0 Å². The van der Waals surface area contributed by atoms with Crippen LogP contribution in [0.3, 0.4) is 0 Å². The molecule has 0 aliphatic heterocycles. The molecule has 0 spiro atoms. The third-order valence-electron chi connectivity index (χ3n) is 2.13. The lowest BCUT2D eigenvalue weighted by Crippen LogP contribution is -2.28. The molecule has 5 nitrogen and oxygen atoms in total. The zero-order valence-electron chi connectivity index (χ0n) is 11.5. The molecule has 1 aromatic carbocycles. The molecule has 1 N–H and O–H groups in total. The number of hydrogen-bond acceptors (Lipinski definition) is 4. The summed E-state index contributed by atoms with van der Waals surface area (Å²) in [6.45, 7) is 4.82. The molecule has 0 fully saturated rings. The van der Waals surface area contributed by atoms with Crippen molar-refractivity contribution in [3.05, 3.63) is 29.3 Å². The first-order valence-electron chi connectivity index (χ1n) is 5.72. The van der Waals surface area contributed by atoms with Crippen molar-refractivity contribution in [1.29, 1.82) is 0 Å². The molecule has 1 rings (SSSR count). The SMILES string of the molecule is COC(=O)c1ccc(F)c(F)c1NC(=O)OC(C)(C)C. The average Bonchev–Trinajstić information content (AvgIpc) is 2.32. The first-order chi connectivity index (χ1) is 9.15. The Hall–Kier alpha value is -2.18. The second-order valence-electron chi connectivity index (χ2n) is 4.90. The van der Waals surface area contributed by atoms with Crippen LogP contribution in [0.1, 0.15) is 31.1 Å². The van der Waals surface area contributed by atoms with Crippen LogP contribution < -0.4 is 5.32 Å². The van der Waals surface area contributed by atoms with Crippen molar-refractivity contribution >= 4 is 17.7 Å². The lowest BCUT2D eigenvalue weighted by Gasteiger charge is -2.20. The fourth-order valence-corrected chi connectivity index (χ4v) is 1.36. The molecule has 0 aliphatic carbocycles. The largest absolute Gasteiger partial charge is 0.465 e. The van der Waals surface area contributed by atoms with E-state index < -0.39 is 35.0 Å². The summed E-state index contributed by atoms with van der Waals surface area (Å²) in [5.74, 6) is -3.47. The summed E-state index contributed by atoms with van der Waals surface area (Å²) >= 11 is 0. The third-order valence-corrected chi connectivity index (χ3v) is 2.13. The number of esters is 1. The maximum absolute atomic E-state index is 13.7. The number of halogens is 2. The van der Waals surface area contributed by atoms with Crippen molar-refractivity contribution in [3.63, 3.8) is 0 Å². The van der Waals surface area contributed by atoms with E-state index in [1.807, 2.05) is 5.32 Å². The zero-order valence-corrected chi connectivity index (χ0v) is 11.5. The highest BCUT2D eigenvalue weighted by atomic mass is 19.2. The Bertz CT molecular complexity index is 538. The van der Waals surface area contributed by atoms with Gasteiger partial charge in [-0.25, -0.2) is 18.4 Å². The minimum Gasteiger partial charge on any atom is -0.465 e. The number of amides is 1. The van der Waals surface area contributed by atoms with Gasteiger partial charge in [-0.2, -0.15) is 0 Å². The summed E-state index contributed by atoms with van der Waals surface area (Å²) in [5.41, 5.74) is -1.75. The molecule has 0 heterocycles. The molecule has 0 saturated carbocycles. The number of ether oxygens (including phenoxy) is 2. The van der Waals surface area contributed by atoms with Crippen LogP contribution in [0.15, 0.2) is 12.1 Å². The number of rotatable bonds is 2. The Morgan fingerprint density at radius 3 is 2.30 bits per heavy atom. The predicted molar refractivity (Wildman–Crippen MR) is 67.6 cm³/mol. The molecule has 1 amide bonds. The van der Waals surface area contributed by atoms with Gasteiger partial charge >= 0.3 is 12.1 Å². The number of carbonyl (C=O) groups excluding carboxylic acids is 2. The zero-order chi connectivity index (χ0) is 15.5. The van der Waals surface area contributed by atoms with E-state index in [4.69, 9.17) is 4.74 Å². The van der Waals surface area contributed by atoms with Crippen LogP contribution in [0.5, 0.6) is 0 Å². The third kappa shape index (κ3) is 3.91. The van der Waals surface area contributed by atoms with Crippen molar-refractivity contribution in [2.24, 2.45) is 0 Å². The van der Waals surface area contributed by atoms with E-state index in [1.54, 1.807) is 20.8 Å². The van der Waals surface area contributed by atoms with E-state index in [0.29, 0.717) is 0 Å². The first-order valence-corrected chi connectivity index (χ1v) is 5.72. The molecule has 0 aliphatic rings. The second kappa shape index (κ2) is 5.85. The van der Waals surface area contributed by atoms with Crippen molar-refractivity contribution in [2.45, 2.75) is 26.4 Å². The number of methoxy groups -OCH3 is 1. The molecule has 20 heavy (non-hydrogen) atoms. The molecule has 0 bridgehead atoms. The molecule has 7 heteroatoms. The number of nitrogens with one attached hydrogen (secondary N) is 1. The standard InChI is InChI=1S/C13H15F2NO4/c1-13(2,3)20-12(18)16-10-7(11(17)19-4)5-6-8(14)9(10)15/h5-6H,1-4H3,(H,16,18). The lowest BCUT2D eigenvalue weighted by molar-refractivity contribution is 0.0601. The van der Waals surface area contributed by atoms with Crippen LogP contribution >= 0.6 is 0 Å². The summed E-state index contributed by atoms with van der Waals surface area (Å²) in [4.78, 5) is 23.0. The Balaban J connectivity index is 3.12. The van der Waals surface area contributed by atoms with Crippen molar-refractivity contribution in [1.82, 2.24) is 0 Å². The highest BCUT2D eigenvalue weighted by molar-refractivity contribution is 5.99. The van der Waals surface area contributed by atoms with Gasteiger partial charge < -0.3 is 9.47 Å². The van der Waals surface area contributed by atoms with Gasteiger partial charge in [0.25, 0.3) is 0 Å². The fourth-order valence-electron chi connectivity index (χ4n) is 1.36. The minimum absolute atomic E-state index is 0.308. The summed E-state index contributed by atoms with van der Waals surface area (Å²) < 4.78 is 36.2. The van der Waals surface area contributed by atoms with Gasteiger partial charge in [-0.1, -0.05) is 0 Å². The van der Waals surface area contributed by atoms with Crippen LogP contribution in [-0.2, 0) is 9.47 Å². The van der Waals surface area contributed by atoms with Crippen LogP contribution in [0.4, 0.5) is 19.3 Å². The Morgan fingerprint density at radius 2 is 1.80 bits per heavy atom. The number of carbonyl (C=O) groups is 2. The van der Waals surface area contributed by atoms with Gasteiger partial charge in [0, 0.05) is 0 Å². The molecule has 0 unspecified atom stereocenters. The topological polar surface area (TPSA) is 64.6 Å². The van der Waals surface area contributed by atoms with E-state index in [9.17, 15) is 18.4 Å². The normalized spacial score (nSPS) is 10.9. The summed E-state index contributed by atoms with van der Waals surface area (Å²) in [6, 6.07) is 1.78.